The molecule has 35 heavy (non-hydrogen) atoms. The largest absolute Gasteiger partial charge is 0.497 e. The molecule has 8 nitrogen and oxygen atoms in total. The van der Waals surface area contributed by atoms with E-state index < -0.39 is 28.5 Å². The van der Waals surface area contributed by atoms with Crippen LogP contribution in [0.4, 0.5) is 5.69 Å². The van der Waals surface area contributed by atoms with Crippen molar-refractivity contribution < 1.29 is 22.7 Å². The molecule has 192 valence electrons. The molecule has 0 bridgehead atoms. The molecule has 2 aromatic rings. The SMILES string of the molecule is CCCCNC(=O)[C@H](C)N(Cc1cccc(OC)c1)C(=O)CN(c1cc(C)cc(C)c1)S(C)(=O)=O. The minimum absolute atomic E-state index is 0.128. The normalized spacial score (nSPS) is 12.1. The molecule has 0 radical (unpaired) electrons. The van der Waals surface area contributed by atoms with Gasteiger partial charge >= 0.3 is 0 Å². The van der Waals surface area contributed by atoms with Gasteiger partial charge in [-0.25, -0.2) is 8.42 Å². The highest BCUT2D eigenvalue weighted by Gasteiger charge is 2.30. The predicted molar refractivity (Wildman–Crippen MR) is 139 cm³/mol. The number of amides is 2. The van der Waals surface area contributed by atoms with Crippen LogP contribution in [-0.2, 0) is 26.2 Å². The van der Waals surface area contributed by atoms with Crippen molar-refractivity contribution in [1.29, 1.82) is 0 Å². The molecule has 0 aliphatic carbocycles. The second-order valence-corrected chi connectivity index (χ2v) is 10.7. The lowest BCUT2D eigenvalue weighted by Gasteiger charge is -2.31. The van der Waals surface area contributed by atoms with Gasteiger partial charge in [-0.3, -0.25) is 13.9 Å². The summed E-state index contributed by atoms with van der Waals surface area (Å²) in [5, 5.41) is 2.87. The number of anilines is 1. The van der Waals surface area contributed by atoms with Gasteiger partial charge in [-0.2, -0.15) is 0 Å². The van der Waals surface area contributed by atoms with Gasteiger partial charge < -0.3 is 15.0 Å². The number of methoxy groups -OCH3 is 1. The standard InChI is InChI=1S/C26H37N3O5S/c1-7-8-12-27-26(31)21(4)28(17-22-10-9-11-24(16-22)34-5)25(30)18-29(35(6,32)33)23-14-19(2)13-20(3)15-23/h9-11,13-16,21H,7-8,12,17-18H2,1-6H3,(H,27,31)/t21-/m0/s1. The van der Waals surface area contributed by atoms with Crippen LogP contribution in [0.25, 0.3) is 0 Å². The maximum atomic E-state index is 13.6. The molecule has 0 heterocycles. The van der Waals surface area contributed by atoms with E-state index in [0.29, 0.717) is 18.0 Å². The first kappa shape index (κ1) is 28.2. The van der Waals surface area contributed by atoms with Crippen LogP contribution in [-0.4, -0.2) is 57.6 Å². The van der Waals surface area contributed by atoms with Crippen molar-refractivity contribution in [2.45, 2.75) is 53.1 Å². The lowest BCUT2D eigenvalue weighted by Crippen LogP contribution is -2.51. The molecule has 0 aromatic heterocycles. The number of benzene rings is 2. The Balaban J connectivity index is 2.39. The van der Waals surface area contributed by atoms with E-state index in [9.17, 15) is 18.0 Å². The zero-order valence-electron chi connectivity index (χ0n) is 21.5. The molecule has 0 saturated heterocycles. The highest BCUT2D eigenvalue weighted by Crippen LogP contribution is 2.23. The van der Waals surface area contributed by atoms with Crippen LogP contribution in [0.2, 0.25) is 0 Å². The lowest BCUT2D eigenvalue weighted by atomic mass is 10.1. The van der Waals surface area contributed by atoms with Gasteiger partial charge in [0.25, 0.3) is 0 Å². The summed E-state index contributed by atoms with van der Waals surface area (Å²) in [6.07, 6.45) is 2.84. The lowest BCUT2D eigenvalue weighted by molar-refractivity contribution is -0.139. The van der Waals surface area contributed by atoms with Crippen molar-refractivity contribution in [3.63, 3.8) is 0 Å². The van der Waals surface area contributed by atoms with Gasteiger partial charge in [0, 0.05) is 13.1 Å². The van der Waals surface area contributed by atoms with E-state index in [4.69, 9.17) is 4.74 Å². The van der Waals surface area contributed by atoms with Crippen LogP contribution >= 0.6 is 0 Å². The Morgan fingerprint density at radius 1 is 1.09 bits per heavy atom. The van der Waals surface area contributed by atoms with E-state index in [1.807, 2.05) is 32.9 Å². The summed E-state index contributed by atoms with van der Waals surface area (Å²) in [4.78, 5) is 27.9. The van der Waals surface area contributed by atoms with Crippen LogP contribution in [0.1, 0.15) is 43.4 Å². The van der Waals surface area contributed by atoms with Crippen LogP contribution in [0, 0.1) is 13.8 Å². The van der Waals surface area contributed by atoms with E-state index >= 15 is 0 Å². The van der Waals surface area contributed by atoms with E-state index in [0.717, 1.165) is 40.1 Å². The Hall–Kier alpha value is -3.07. The zero-order chi connectivity index (χ0) is 26.2. The number of carbonyl (C=O) groups is 2. The quantitative estimate of drug-likeness (QED) is 0.448. The van der Waals surface area contributed by atoms with Gasteiger partial charge in [-0.05, 0) is 68.1 Å². The number of ether oxygens (including phenoxy) is 1. The molecule has 1 atom stereocenters. The van der Waals surface area contributed by atoms with Crippen molar-refractivity contribution in [2.24, 2.45) is 0 Å². The fourth-order valence-corrected chi connectivity index (χ4v) is 4.63. The summed E-state index contributed by atoms with van der Waals surface area (Å²) in [5.41, 5.74) is 2.96. The molecule has 2 amide bonds. The zero-order valence-corrected chi connectivity index (χ0v) is 22.3. The van der Waals surface area contributed by atoms with E-state index in [2.05, 4.69) is 5.32 Å². The number of hydrogen-bond acceptors (Lipinski definition) is 5. The molecule has 9 heteroatoms. The molecule has 0 fully saturated rings. The molecule has 1 N–H and O–H groups in total. The summed E-state index contributed by atoms with van der Waals surface area (Å²) in [6, 6.07) is 11.8. The first-order valence-electron chi connectivity index (χ1n) is 11.7. The Bertz CT molecular complexity index is 1110. The average molecular weight is 504 g/mol. The summed E-state index contributed by atoms with van der Waals surface area (Å²) in [7, 11) is -2.21. The fourth-order valence-electron chi connectivity index (χ4n) is 3.79. The molecule has 0 saturated carbocycles. The second-order valence-electron chi connectivity index (χ2n) is 8.81. The summed E-state index contributed by atoms with van der Waals surface area (Å²) < 4.78 is 31.8. The Labute approximate surface area is 209 Å². The van der Waals surface area contributed by atoms with Crippen LogP contribution < -0.4 is 14.4 Å². The average Bonchev–Trinajstić information content (AvgIpc) is 2.79. The van der Waals surface area contributed by atoms with Gasteiger partial charge in [0.1, 0.15) is 18.3 Å². The number of rotatable bonds is 12. The smallest absolute Gasteiger partial charge is 0.244 e. The van der Waals surface area contributed by atoms with Crippen LogP contribution in [0.3, 0.4) is 0 Å². The molecule has 0 aliphatic rings. The van der Waals surface area contributed by atoms with E-state index in [1.165, 1.54) is 4.90 Å². The minimum Gasteiger partial charge on any atom is -0.497 e. The third-order valence-electron chi connectivity index (χ3n) is 5.66. The van der Waals surface area contributed by atoms with Crippen molar-refractivity contribution in [2.75, 3.05) is 30.8 Å². The molecular formula is C26H37N3O5S. The number of aryl methyl sites for hydroxylation is 2. The molecule has 0 spiro atoms. The third-order valence-corrected chi connectivity index (χ3v) is 6.80. The number of nitrogens with zero attached hydrogens (tertiary/aromatic N) is 2. The van der Waals surface area contributed by atoms with Gasteiger partial charge in [0.15, 0.2) is 0 Å². The number of hydrogen-bond donors (Lipinski definition) is 1. The number of carbonyl (C=O) groups excluding carboxylic acids is 2. The summed E-state index contributed by atoms with van der Waals surface area (Å²) in [5.74, 6) is -0.134. The molecule has 2 aromatic carbocycles. The number of sulfonamides is 1. The topological polar surface area (TPSA) is 96.0 Å². The predicted octanol–water partition coefficient (Wildman–Crippen LogP) is 3.41. The maximum absolute atomic E-state index is 13.6. The van der Waals surface area contributed by atoms with Crippen molar-refractivity contribution in [3.05, 3.63) is 59.2 Å². The molecule has 0 unspecified atom stereocenters. The second kappa shape index (κ2) is 12.6. The minimum atomic E-state index is -3.76. The first-order chi connectivity index (χ1) is 16.5. The first-order valence-corrected chi connectivity index (χ1v) is 13.6. The monoisotopic (exact) mass is 503 g/mol. The molecule has 2 rings (SSSR count). The van der Waals surface area contributed by atoms with Crippen molar-refractivity contribution in [1.82, 2.24) is 10.2 Å². The summed E-state index contributed by atoms with van der Waals surface area (Å²) in [6.45, 7) is 7.65. The fraction of sp³-hybridized carbons (Fsp3) is 0.462. The van der Waals surface area contributed by atoms with Crippen LogP contribution in [0.15, 0.2) is 42.5 Å². The summed E-state index contributed by atoms with van der Waals surface area (Å²) >= 11 is 0. The Morgan fingerprint density at radius 2 is 1.74 bits per heavy atom. The Kier molecular flexibility index (Phi) is 10.1. The third kappa shape index (κ3) is 8.28. The van der Waals surface area contributed by atoms with Crippen LogP contribution in [0.5, 0.6) is 5.75 Å². The van der Waals surface area contributed by atoms with Gasteiger partial charge in [-0.1, -0.05) is 31.5 Å². The van der Waals surface area contributed by atoms with Gasteiger partial charge in [-0.15, -0.1) is 0 Å². The number of unbranched alkanes of at least 4 members (excludes halogenated alkanes) is 1. The van der Waals surface area contributed by atoms with Gasteiger partial charge in [0.05, 0.1) is 19.1 Å². The highest BCUT2D eigenvalue weighted by atomic mass is 32.2. The molecular weight excluding hydrogens is 466 g/mol. The van der Waals surface area contributed by atoms with E-state index in [-0.39, 0.29) is 12.5 Å². The molecule has 0 aliphatic heterocycles. The van der Waals surface area contributed by atoms with Crippen molar-refractivity contribution >= 4 is 27.5 Å². The van der Waals surface area contributed by atoms with Crippen molar-refractivity contribution in [3.8, 4) is 5.75 Å². The Morgan fingerprint density at radius 3 is 2.31 bits per heavy atom. The van der Waals surface area contributed by atoms with E-state index in [1.54, 1.807) is 44.4 Å². The maximum Gasteiger partial charge on any atom is 0.244 e. The number of nitrogens with one attached hydrogen (secondary N) is 1. The van der Waals surface area contributed by atoms with Gasteiger partial charge in [0.2, 0.25) is 21.8 Å². The highest BCUT2D eigenvalue weighted by molar-refractivity contribution is 7.92.